The average molecular weight is 221 g/mol. The first-order chi connectivity index (χ1) is 7.72. The average Bonchev–Trinajstić information content (AvgIpc) is 2.76. The van der Waals surface area contributed by atoms with Gasteiger partial charge in [0.2, 0.25) is 0 Å². The summed E-state index contributed by atoms with van der Waals surface area (Å²) in [5.41, 5.74) is 2.47. The van der Waals surface area contributed by atoms with Gasteiger partial charge in [-0.15, -0.1) is 0 Å². The lowest BCUT2D eigenvalue weighted by Crippen LogP contribution is -2.20. The quantitative estimate of drug-likeness (QED) is 0.322. The van der Waals surface area contributed by atoms with Crippen LogP contribution in [-0.4, -0.2) is 29.1 Å². The van der Waals surface area contributed by atoms with Crippen molar-refractivity contribution < 1.29 is 10.0 Å². The highest BCUT2D eigenvalue weighted by Crippen LogP contribution is 2.20. The van der Waals surface area contributed by atoms with E-state index in [0.29, 0.717) is 0 Å². The van der Waals surface area contributed by atoms with E-state index in [9.17, 15) is 4.79 Å². The summed E-state index contributed by atoms with van der Waals surface area (Å²) in [6.45, 7) is 4.01. The lowest BCUT2D eigenvalue weighted by Gasteiger charge is -2.16. The first-order valence-corrected chi connectivity index (χ1v) is 5.23. The van der Waals surface area contributed by atoms with Gasteiger partial charge in [0.05, 0.1) is 0 Å². The molecule has 16 heavy (non-hydrogen) atoms. The second-order valence-electron chi connectivity index (χ2n) is 3.47. The van der Waals surface area contributed by atoms with Crippen LogP contribution < -0.4 is 5.48 Å². The molecule has 1 heterocycles. The molecule has 1 saturated heterocycles. The summed E-state index contributed by atoms with van der Waals surface area (Å²) in [5.74, 6) is -0.777. The van der Waals surface area contributed by atoms with Crippen LogP contribution in [0, 0.1) is 11.3 Å². The maximum absolute atomic E-state index is 11.0. The molecule has 5 nitrogen and oxygen atoms in total. The zero-order chi connectivity index (χ0) is 12.0. The first-order valence-electron chi connectivity index (χ1n) is 5.23. The molecule has 0 aliphatic carbocycles. The summed E-state index contributed by atoms with van der Waals surface area (Å²) in [5, 5.41) is 17.1. The molecular formula is C11H15N3O2. The van der Waals surface area contributed by atoms with E-state index in [-0.39, 0.29) is 5.57 Å². The predicted octanol–water partition coefficient (Wildman–Crippen LogP) is 0.941. The van der Waals surface area contributed by atoms with Crippen molar-refractivity contribution in [2.45, 2.75) is 19.8 Å². The molecule has 0 unspecified atom stereocenters. The van der Waals surface area contributed by atoms with Crippen molar-refractivity contribution in [1.29, 1.82) is 5.26 Å². The number of amides is 1. The van der Waals surface area contributed by atoms with E-state index < -0.39 is 5.91 Å². The molecule has 1 aliphatic rings. The second-order valence-corrected chi connectivity index (χ2v) is 3.47. The van der Waals surface area contributed by atoms with Crippen molar-refractivity contribution in [2.75, 3.05) is 13.1 Å². The second kappa shape index (κ2) is 5.93. The van der Waals surface area contributed by atoms with Crippen LogP contribution in [0.1, 0.15) is 19.8 Å². The van der Waals surface area contributed by atoms with E-state index in [0.717, 1.165) is 31.6 Å². The highest BCUT2D eigenvalue weighted by atomic mass is 16.5. The highest BCUT2D eigenvalue weighted by molar-refractivity contribution is 5.96. The topological polar surface area (TPSA) is 76.4 Å². The number of carbonyl (C=O) groups excluding carboxylic acids is 1. The molecule has 0 radical (unpaired) electrons. The Kier molecular flexibility index (Phi) is 4.55. The highest BCUT2D eigenvalue weighted by Gasteiger charge is 2.14. The minimum atomic E-state index is -0.777. The zero-order valence-electron chi connectivity index (χ0n) is 9.23. The molecule has 0 aromatic heterocycles. The van der Waals surface area contributed by atoms with Crippen LogP contribution in [0.25, 0.3) is 0 Å². The van der Waals surface area contributed by atoms with Gasteiger partial charge < -0.3 is 4.90 Å². The number of nitriles is 1. The molecule has 1 aliphatic heterocycles. The fourth-order valence-electron chi connectivity index (χ4n) is 1.71. The van der Waals surface area contributed by atoms with Crippen molar-refractivity contribution >= 4 is 5.91 Å². The number of hydrogen-bond donors (Lipinski definition) is 2. The number of hydrogen-bond acceptors (Lipinski definition) is 4. The molecule has 2 N–H and O–H groups in total. The molecule has 0 aromatic rings. The van der Waals surface area contributed by atoms with Gasteiger partial charge in [0.15, 0.2) is 0 Å². The molecule has 0 spiro atoms. The largest absolute Gasteiger partial charge is 0.375 e. The lowest BCUT2D eigenvalue weighted by molar-refractivity contribution is -0.124. The lowest BCUT2D eigenvalue weighted by atomic mass is 10.2. The van der Waals surface area contributed by atoms with E-state index in [4.69, 9.17) is 10.5 Å². The fraction of sp³-hybridized carbons (Fsp3) is 0.455. The number of allylic oxidation sites excluding steroid dienone is 3. The molecular weight excluding hydrogens is 206 g/mol. The molecule has 1 rings (SSSR count). The standard InChI is InChI=1S/C11H15N3O2/c1-2-14-7-3-4-10(14)6-5-9(8-12)11(15)13-16/h5-6,16H,2-4,7H2,1H3,(H,13,15). The fourth-order valence-corrected chi connectivity index (χ4v) is 1.71. The number of nitrogens with one attached hydrogen (secondary N) is 1. The minimum Gasteiger partial charge on any atom is -0.375 e. The van der Waals surface area contributed by atoms with E-state index in [2.05, 4.69) is 11.8 Å². The number of nitrogens with zero attached hydrogens (tertiary/aromatic N) is 2. The van der Waals surface area contributed by atoms with Crippen molar-refractivity contribution in [1.82, 2.24) is 10.4 Å². The Labute approximate surface area is 94.6 Å². The van der Waals surface area contributed by atoms with Crippen LogP contribution in [0.3, 0.4) is 0 Å². The third kappa shape index (κ3) is 2.84. The Bertz CT molecular complexity index is 366. The maximum atomic E-state index is 11.0. The molecule has 5 heteroatoms. The van der Waals surface area contributed by atoms with Crippen molar-refractivity contribution in [3.8, 4) is 6.07 Å². The smallest absolute Gasteiger partial charge is 0.285 e. The molecule has 1 amide bonds. The Hall–Kier alpha value is -1.80. The molecule has 0 bridgehead atoms. The Morgan fingerprint density at radius 2 is 2.50 bits per heavy atom. The van der Waals surface area contributed by atoms with Crippen LogP contribution >= 0.6 is 0 Å². The monoisotopic (exact) mass is 221 g/mol. The van der Waals surface area contributed by atoms with E-state index in [1.807, 2.05) is 0 Å². The molecule has 0 atom stereocenters. The van der Waals surface area contributed by atoms with Crippen LogP contribution in [0.5, 0.6) is 0 Å². The van der Waals surface area contributed by atoms with Gasteiger partial charge in [-0.1, -0.05) is 0 Å². The summed E-state index contributed by atoms with van der Waals surface area (Å²) in [6, 6.07) is 1.74. The molecule has 0 aromatic carbocycles. The third-order valence-corrected chi connectivity index (χ3v) is 2.56. The van der Waals surface area contributed by atoms with Gasteiger partial charge >= 0.3 is 0 Å². The number of rotatable bonds is 3. The van der Waals surface area contributed by atoms with Crippen molar-refractivity contribution in [3.05, 3.63) is 23.4 Å². The number of likely N-dealkylation sites (tertiary alicyclic amines) is 1. The Balaban J connectivity index is 2.80. The van der Waals surface area contributed by atoms with Crippen LogP contribution in [0.4, 0.5) is 0 Å². The summed E-state index contributed by atoms with van der Waals surface area (Å²) < 4.78 is 0. The van der Waals surface area contributed by atoms with Gasteiger partial charge in [0, 0.05) is 18.8 Å². The maximum Gasteiger partial charge on any atom is 0.285 e. The third-order valence-electron chi connectivity index (χ3n) is 2.56. The van der Waals surface area contributed by atoms with E-state index in [1.54, 1.807) is 12.1 Å². The van der Waals surface area contributed by atoms with Crippen LogP contribution in [0.15, 0.2) is 23.4 Å². The van der Waals surface area contributed by atoms with Gasteiger partial charge in [-0.2, -0.15) is 5.26 Å². The number of carbonyl (C=O) groups is 1. The van der Waals surface area contributed by atoms with Crippen molar-refractivity contribution in [3.63, 3.8) is 0 Å². The first kappa shape index (κ1) is 12.3. The van der Waals surface area contributed by atoms with Gasteiger partial charge in [-0.05, 0) is 31.9 Å². The molecule has 1 fully saturated rings. The summed E-state index contributed by atoms with van der Waals surface area (Å²) in [7, 11) is 0. The van der Waals surface area contributed by atoms with Crippen LogP contribution in [0.2, 0.25) is 0 Å². The summed E-state index contributed by atoms with van der Waals surface area (Å²) >= 11 is 0. The normalized spacial score (nSPS) is 18.7. The molecule has 0 saturated carbocycles. The zero-order valence-corrected chi connectivity index (χ0v) is 9.23. The van der Waals surface area contributed by atoms with Gasteiger partial charge in [0.1, 0.15) is 11.6 Å². The summed E-state index contributed by atoms with van der Waals surface area (Å²) in [6.07, 6.45) is 5.27. The van der Waals surface area contributed by atoms with Crippen LogP contribution in [-0.2, 0) is 4.79 Å². The number of hydroxylamine groups is 1. The van der Waals surface area contributed by atoms with E-state index >= 15 is 0 Å². The minimum absolute atomic E-state index is 0.0991. The van der Waals surface area contributed by atoms with E-state index in [1.165, 1.54) is 11.6 Å². The Morgan fingerprint density at radius 1 is 1.75 bits per heavy atom. The predicted molar refractivity (Wildman–Crippen MR) is 58.2 cm³/mol. The molecule has 86 valence electrons. The summed E-state index contributed by atoms with van der Waals surface area (Å²) in [4.78, 5) is 13.2. The van der Waals surface area contributed by atoms with Gasteiger partial charge in [0.25, 0.3) is 5.91 Å². The van der Waals surface area contributed by atoms with Gasteiger partial charge in [-0.25, -0.2) is 5.48 Å². The van der Waals surface area contributed by atoms with Gasteiger partial charge in [-0.3, -0.25) is 10.0 Å². The van der Waals surface area contributed by atoms with Crippen molar-refractivity contribution in [2.24, 2.45) is 0 Å². The SMILES string of the molecule is CCN1CCCC1=CC=C(C#N)C(=O)NO. The Morgan fingerprint density at radius 3 is 3.06 bits per heavy atom.